The third-order valence-electron chi connectivity index (χ3n) is 5.37. The summed E-state index contributed by atoms with van der Waals surface area (Å²) >= 11 is 5.96. The number of carbonyl (C=O) groups is 2. The zero-order valence-electron chi connectivity index (χ0n) is 17.7. The molecule has 0 bridgehead atoms. The first-order chi connectivity index (χ1) is 14.2. The van der Waals surface area contributed by atoms with Gasteiger partial charge in [-0.1, -0.05) is 49.7 Å². The Bertz CT molecular complexity index is 963. The summed E-state index contributed by atoms with van der Waals surface area (Å²) in [5.74, 6) is -1.48. The second-order valence-electron chi connectivity index (χ2n) is 8.04. The summed E-state index contributed by atoms with van der Waals surface area (Å²) in [7, 11) is 3.90. The number of ketones is 1. The second-order valence-corrected chi connectivity index (χ2v) is 8.48. The van der Waals surface area contributed by atoms with Crippen molar-refractivity contribution < 1.29 is 14.7 Å². The number of hydrogen-bond donors (Lipinski definition) is 1. The van der Waals surface area contributed by atoms with E-state index in [0.29, 0.717) is 18.0 Å². The van der Waals surface area contributed by atoms with Crippen molar-refractivity contribution in [2.75, 3.05) is 25.5 Å². The number of hydrogen-bond acceptors (Lipinski definition) is 4. The van der Waals surface area contributed by atoms with Crippen LogP contribution in [0.15, 0.2) is 59.9 Å². The summed E-state index contributed by atoms with van der Waals surface area (Å²) in [5, 5.41) is 11.2. The van der Waals surface area contributed by atoms with Crippen molar-refractivity contribution in [3.63, 3.8) is 0 Å². The van der Waals surface area contributed by atoms with Gasteiger partial charge in [-0.15, -0.1) is 0 Å². The van der Waals surface area contributed by atoms with Crippen LogP contribution >= 0.6 is 11.6 Å². The van der Waals surface area contributed by atoms with Gasteiger partial charge in [-0.3, -0.25) is 9.59 Å². The highest BCUT2D eigenvalue weighted by molar-refractivity contribution is 6.30. The number of aliphatic hydroxyl groups is 1. The van der Waals surface area contributed by atoms with E-state index in [2.05, 4.69) is 0 Å². The Morgan fingerprint density at radius 2 is 1.70 bits per heavy atom. The average Bonchev–Trinajstić information content (AvgIpc) is 2.97. The number of carbonyl (C=O) groups excluding carboxylic acids is 2. The molecule has 2 aromatic rings. The summed E-state index contributed by atoms with van der Waals surface area (Å²) in [6.45, 7) is 3.92. The standard InChI is InChI=1S/C24H27ClN2O3/c1-15(2)22(28)20-21(17-7-11-19(12-8-17)26(3)4)27(24(30)23(20)29)14-13-16-5-9-18(25)10-6-16/h5-12,15,21,29H,13-14H2,1-4H3. The SMILES string of the molecule is CC(C)C(=O)C1=C(O)C(=O)N(CCc2ccc(Cl)cc2)C1c1ccc(N(C)C)cc1. The fraction of sp³-hybridized carbons (Fsp3) is 0.333. The van der Waals surface area contributed by atoms with Gasteiger partial charge in [0.1, 0.15) is 0 Å². The lowest BCUT2D eigenvalue weighted by Crippen LogP contribution is -2.33. The van der Waals surface area contributed by atoms with Gasteiger partial charge in [-0.25, -0.2) is 0 Å². The molecule has 0 radical (unpaired) electrons. The van der Waals surface area contributed by atoms with Gasteiger partial charge in [0.05, 0.1) is 11.6 Å². The Labute approximate surface area is 182 Å². The minimum atomic E-state index is -0.601. The normalized spacial score (nSPS) is 16.5. The highest BCUT2D eigenvalue weighted by Gasteiger charge is 2.43. The molecule has 6 heteroatoms. The summed E-state index contributed by atoms with van der Waals surface area (Å²) in [4.78, 5) is 29.4. The predicted molar refractivity (Wildman–Crippen MR) is 120 cm³/mol. The van der Waals surface area contributed by atoms with E-state index < -0.39 is 17.7 Å². The molecular weight excluding hydrogens is 400 g/mol. The van der Waals surface area contributed by atoms with E-state index in [4.69, 9.17) is 11.6 Å². The number of nitrogens with zero attached hydrogens (tertiary/aromatic N) is 2. The van der Waals surface area contributed by atoms with E-state index in [0.717, 1.165) is 16.8 Å². The van der Waals surface area contributed by atoms with Crippen molar-refractivity contribution in [1.29, 1.82) is 0 Å². The van der Waals surface area contributed by atoms with Crippen molar-refractivity contribution >= 4 is 29.0 Å². The summed E-state index contributed by atoms with van der Waals surface area (Å²) < 4.78 is 0. The lowest BCUT2D eigenvalue weighted by molar-refractivity contribution is -0.129. The Kier molecular flexibility index (Phi) is 6.52. The maximum atomic E-state index is 12.9. The molecule has 0 aliphatic carbocycles. The smallest absolute Gasteiger partial charge is 0.290 e. The number of rotatable bonds is 7. The van der Waals surface area contributed by atoms with E-state index in [1.165, 1.54) is 0 Å². The maximum Gasteiger partial charge on any atom is 0.290 e. The molecule has 1 aliphatic rings. The first-order valence-corrected chi connectivity index (χ1v) is 10.4. The summed E-state index contributed by atoms with van der Waals surface area (Å²) in [6.07, 6.45) is 0.589. The fourth-order valence-corrected chi connectivity index (χ4v) is 3.77. The van der Waals surface area contributed by atoms with Gasteiger partial charge in [0.2, 0.25) is 0 Å². The number of benzene rings is 2. The minimum Gasteiger partial charge on any atom is -0.503 e. The number of anilines is 1. The van der Waals surface area contributed by atoms with Crippen LogP contribution in [-0.4, -0.2) is 42.3 Å². The largest absolute Gasteiger partial charge is 0.503 e. The highest BCUT2D eigenvalue weighted by atomic mass is 35.5. The van der Waals surface area contributed by atoms with E-state index >= 15 is 0 Å². The first kappa shape index (κ1) is 21.9. The molecule has 158 valence electrons. The summed E-state index contributed by atoms with van der Waals surface area (Å²) in [6, 6.07) is 14.6. The molecule has 1 atom stereocenters. The van der Waals surface area contributed by atoms with Crippen LogP contribution in [0, 0.1) is 5.92 Å². The molecule has 0 saturated carbocycles. The molecule has 0 aromatic heterocycles. The van der Waals surface area contributed by atoms with Gasteiger partial charge in [-0.05, 0) is 41.8 Å². The molecule has 0 fully saturated rings. The van der Waals surface area contributed by atoms with Crippen LogP contribution in [0.4, 0.5) is 5.69 Å². The molecule has 1 unspecified atom stereocenters. The van der Waals surface area contributed by atoms with E-state index in [-0.39, 0.29) is 17.3 Å². The summed E-state index contributed by atoms with van der Waals surface area (Å²) in [5.41, 5.74) is 3.03. The van der Waals surface area contributed by atoms with Crippen molar-refractivity contribution in [2.24, 2.45) is 5.92 Å². The van der Waals surface area contributed by atoms with Gasteiger partial charge in [0, 0.05) is 37.3 Å². The van der Waals surface area contributed by atoms with Crippen LogP contribution in [0.5, 0.6) is 0 Å². The van der Waals surface area contributed by atoms with Crippen LogP contribution in [0.25, 0.3) is 0 Å². The van der Waals surface area contributed by atoms with Crippen molar-refractivity contribution in [2.45, 2.75) is 26.3 Å². The number of Topliss-reactive ketones (excluding diaryl/α,β-unsaturated/α-hetero) is 1. The van der Waals surface area contributed by atoms with Crippen LogP contribution in [0.1, 0.15) is 31.0 Å². The molecule has 3 rings (SSSR count). The Morgan fingerprint density at radius 3 is 2.23 bits per heavy atom. The number of amides is 1. The minimum absolute atomic E-state index is 0.184. The molecule has 5 nitrogen and oxygen atoms in total. The molecular formula is C24H27ClN2O3. The van der Waals surface area contributed by atoms with E-state index in [1.54, 1.807) is 18.7 Å². The third-order valence-corrected chi connectivity index (χ3v) is 5.63. The van der Waals surface area contributed by atoms with Gasteiger partial charge in [-0.2, -0.15) is 0 Å². The molecule has 1 amide bonds. The molecule has 0 spiro atoms. The lowest BCUT2D eigenvalue weighted by atomic mass is 9.91. The predicted octanol–water partition coefficient (Wildman–Crippen LogP) is 4.57. The molecule has 2 aromatic carbocycles. The van der Waals surface area contributed by atoms with E-state index in [9.17, 15) is 14.7 Å². The molecule has 0 saturated heterocycles. The van der Waals surface area contributed by atoms with Crippen LogP contribution < -0.4 is 4.90 Å². The number of halogens is 1. The van der Waals surface area contributed by atoms with Gasteiger partial charge >= 0.3 is 0 Å². The average molecular weight is 427 g/mol. The molecule has 1 heterocycles. The van der Waals surface area contributed by atoms with Crippen LogP contribution in [-0.2, 0) is 16.0 Å². The molecule has 1 N–H and O–H groups in total. The zero-order valence-corrected chi connectivity index (χ0v) is 18.5. The van der Waals surface area contributed by atoms with Crippen LogP contribution in [0.3, 0.4) is 0 Å². The lowest BCUT2D eigenvalue weighted by Gasteiger charge is -2.28. The zero-order chi connectivity index (χ0) is 22.0. The van der Waals surface area contributed by atoms with Gasteiger partial charge < -0.3 is 14.9 Å². The van der Waals surface area contributed by atoms with Crippen molar-refractivity contribution in [3.8, 4) is 0 Å². The second kappa shape index (κ2) is 8.92. The highest BCUT2D eigenvalue weighted by Crippen LogP contribution is 2.39. The Balaban J connectivity index is 1.96. The maximum absolute atomic E-state index is 12.9. The molecule has 30 heavy (non-hydrogen) atoms. The topological polar surface area (TPSA) is 60.9 Å². The van der Waals surface area contributed by atoms with Crippen molar-refractivity contribution in [3.05, 3.63) is 76.0 Å². The van der Waals surface area contributed by atoms with E-state index in [1.807, 2.05) is 67.5 Å². The van der Waals surface area contributed by atoms with Gasteiger partial charge in [0.25, 0.3) is 5.91 Å². The quantitative estimate of drug-likeness (QED) is 0.704. The third kappa shape index (κ3) is 4.36. The number of aliphatic hydroxyl groups excluding tert-OH is 1. The fourth-order valence-electron chi connectivity index (χ4n) is 3.65. The monoisotopic (exact) mass is 426 g/mol. The van der Waals surface area contributed by atoms with Crippen LogP contribution in [0.2, 0.25) is 5.02 Å². The Hall–Kier alpha value is -2.79. The van der Waals surface area contributed by atoms with Gasteiger partial charge in [0.15, 0.2) is 11.5 Å². The Morgan fingerprint density at radius 1 is 1.10 bits per heavy atom. The first-order valence-electron chi connectivity index (χ1n) is 10.0. The van der Waals surface area contributed by atoms with Crippen molar-refractivity contribution in [1.82, 2.24) is 4.90 Å². The molecule has 1 aliphatic heterocycles.